The number of unbranched alkanes of at least 4 members (excludes halogenated alkanes) is 9. The second-order valence-electron chi connectivity index (χ2n) is 8.13. The van der Waals surface area contributed by atoms with Crippen LogP contribution in [0.25, 0.3) is 0 Å². The van der Waals surface area contributed by atoms with Gasteiger partial charge in [0.15, 0.2) is 6.10 Å². The van der Waals surface area contributed by atoms with Gasteiger partial charge in [0, 0.05) is 18.5 Å². The van der Waals surface area contributed by atoms with Crippen molar-refractivity contribution in [3.63, 3.8) is 0 Å². The third-order valence-corrected chi connectivity index (χ3v) is 4.16. The minimum Gasteiger partial charge on any atom is -0.550 e. The molecule has 0 aliphatic carbocycles. The summed E-state index contributed by atoms with van der Waals surface area (Å²) in [5.41, 5.74) is 0. The summed E-state index contributed by atoms with van der Waals surface area (Å²) in [5.74, 6) is -1.67. The summed E-state index contributed by atoms with van der Waals surface area (Å²) in [4.78, 5) is 22.7. The van der Waals surface area contributed by atoms with E-state index in [0.29, 0.717) is 11.0 Å². The molecular formula is C21H39NO4. The van der Waals surface area contributed by atoms with Crippen LogP contribution in [0.5, 0.6) is 0 Å². The van der Waals surface area contributed by atoms with Gasteiger partial charge in [-0.25, -0.2) is 4.79 Å². The first-order chi connectivity index (χ1) is 12.2. The van der Waals surface area contributed by atoms with E-state index in [4.69, 9.17) is 4.74 Å². The number of quaternary nitrogens is 1. The molecule has 0 N–H and O–H groups in total. The monoisotopic (exact) mass is 369 g/mol. The molecule has 0 bridgehead atoms. The SMILES string of the molecule is CCCCCCCCCCC/C=C/C(=O)OC(CC(=O)[O-])C[N+](C)(C)C. The van der Waals surface area contributed by atoms with Gasteiger partial charge >= 0.3 is 5.97 Å². The highest BCUT2D eigenvalue weighted by atomic mass is 16.5. The van der Waals surface area contributed by atoms with E-state index in [2.05, 4.69) is 6.92 Å². The Bertz CT molecular complexity index is 413. The van der Waals surface area contributed by atoms with Crippen molar-refractivity contribution in [3.8, 4) is 0 Å². The number of carboxylic acid groups (broad SMARTS) is 1. The van der Waals surface area contributed by atoms with E-state index in [-0.39, 0.29) is 6.42 Å². The zero-order valence-electron chi connectivity index (χ0n) is 17.3. The molecule has 26 heavy (non-hydrogen) atoms. The molecule has 0 radical (unpaired) electrons. The van der Waals surface area contributed by atoms with Crippen molar-refractivity contribution in [2.45, 2.75) is 83.7 Å². The van der Waals surface area contributed by atoms with Crippen molar-refractivity contribution in [2.75, 3.05) is 27.7 Å². The van der Waals surface area contributed by atoms with Gasteiger partial charge in [-0.3, -0.25) is 0 Å². The first kappa shape index (κ1) is 24.6. The maximum absolute atomic E-state index is 11.9. The molecule has 5 heteroatoms. The summed E-state index contributed by atoms with van der Waals surface area (Å²) in [5, 5.41) is 10.8. The average Bonchev–Trinajstić information content (AvgIpc) is 2.50. The van der Waals surface area contributed by atoms with Gasteiger partial charge in [0.25, 0.3) is 0 Å². The molecule has 1 unspecified atom stereocenters. The van der Waals surface area contributed by atoms with E-state index in [1.165, 1.54) is 57.4 Å². The Hall–Kier alpha value is -1.36. The van der Waals surface area contributed by atoms with Crippen molar-refractivity contribution in [1.29, 1.82) is 0 Å². The van der Waals surface area contributed by atoms with Gasteiger partial charge in [-0.2, -0.15) is 0 Å². The van der Waals surface area contributed by atoms with Crippen LogP contribution in [-0.4, -0.2) is 50.2 Å². The number of ether oxygens (including phenoxy) is 1. The summed E-state index contributed by atoms with van der Waals surface area (Å²) < 4.78 is 5.79. The van der Waals surface area contributed by atoms with E-state index >= 15 is 0 Å². The number of carbonyl (C=O) groups excluding carboxylic acids is 2. The number of nitrogens with zero attached hydrogens (tertiary/aromatic N) is 1. The van der Waals surface area contributed by atoms with E-state index in [1.807, 2.05) is 27.2 Å². The van der Waals surface area contributed by atoms with Crippen LogP contribution in [0.2, 0.25) is 0 Å². The third-order valence-electron chi connectivity index (χ3n) is 4.16. The fraction of sp³-hybridized carbons (Fsp3) is 0.810. The Morgan fingerprint density at radius 2 is 1.50 bits per heavy atom. The molecule has 0 aliphatic heterocycles. The smallest absolute Gasteiger partial charge is 0.330 e. The summed E-state index contributed by atoms with van der Waals surface area (Å²) in [6.45, 7) is 2.67. The largest absolute Gasteiger partial charge is 0.550 e. The normalized spacial score (nSPS) is 13.1. The van der Waals surface area contributed by atoms with Crippen molar-refractivity contribution >= 4 is 11.9 Å². The minimum atomic E-state index is -1.20. The molecule has 0 aromatic heterocycles. The minimum absolute atomic E-state index is 0.270. The van der Waals surface area contributed by atoms with Gasteiger partial charge in [0.2, 0.25) is 0 Å². The summed E-state index contributed by atoms with van der Waals surface area (Å²) >= 11 is 0. The summed E-state index contributed by atoms with van der Waals surface area (Å²) in [6.07, 6.45) is 14.6. The first-order valence-electron chi connectivity index (χ1n) is 10.1. The van der Waals surface area contributed by atoms with Crippen LogP contribution in [0.4, 0.5) is 0 Å². The second-order valence-corrected chi connectivity index (χ2v) is 8.13. The van der Waals surface area contributed by atoms with Gasteiger partial charge in [-0.15, -0.1) is 0 Å². The molecule has 0 heterocycles. The number of carboxylic acids is 1. The van der Waals surface area contributed by atoms with Crippen LogP contribution in [0.15, 0.2) is 12.2 Å². The zero-order chi connectivity index (χ0) is 19.8. The number of esters is 1. The molecule has 0 aromatic rings. The molecule has 5 nitrogen and oxygen atoms in total. The molecule has 1 atom stereocenters. The first-order valence-corrected chi connectivity index (χ1v) is 10.1. The molecule has 0 aliphatic rings. The Kier molecular flexibility index (Phi) is 14.0. The maximum Gasteiger partial charge on any atom is 0.330 e. The van der Waals surface area contributed by atoms with E-state index in [1.54, 1.807) is 0 Å². The Labute approximate surface area is 160 Å². The fourth-order valence-electron chi connectivity index (χ4n) is 2.90. The summed E-state index contributed by atoms with van der Waals surface area (Å²) in [7, 11) is 5.78. The van der Waals surface area contributed by atoms with Gasteiger partial charge < -0.3 is 19.1 Å². The van der Waals surface area contributed by atoms with E-state index in [0.717, 1.165) is 12.8 Å². The van der Waals surface area contributed by atoms with E-state index in [9.17, 15) is 14.7 Å². The molecule has 0 amide bonds. The molecule has 0 spiro atoms. The van der Waals surface area contributed by atoms with Crippen LogP contribution >= 0.6 is 0 Å². The van der Waals surface area contributed by atoms with Gasteiger partial charge in [0.1, 0.15) is 6.54 Å². The van der Waals surface area contributed by atoms with Crippen LogP contribution in [0, 0.1) is 0 Å². The standard InChI is InChI=1S/C21H39NO4/c1-5-6-7-8-9-10-11-12-13-14-15-16-21(25)26-19(17-20(23)24)18-22(2,3)4/h15-16,19H,5-14,17-18H2,1-4H3/b16-15+. The molecular weight excluding hydrogens is 330 g/mol. The van der Waals surface area contributed by atoms with Crippen LogP contribution in [0.3, 0.4) is 0 Å². The van der Waals surface area contributed by atoms with Crippen LogP contribution in [-0.2, 0) is 14.3 Å². The maximum atomic E-state index is 11.9. The van der Waals surface area contributed by atoms with Gasteiger partial charge in [-0.05, 0) is 12.8 Å². The highest BCUT2D eigenvalue weighted by molar-refractivity contribution is 5.82. The lowest BCUT2D eigenvalue weighted by Crippen LogP contribution is -2.45. The molecule has 152 valence electrons. The zero-order valence-corrected chi connectivity index (χ0v) is 17.3. The van der Waals surface area contributed by atoms with Crippen molar-refractivity contribution in [1.82, 2.24) is 0 Å². The quantitative estimate of drug-likeness (QED) is 0.181. The summed E-state index contributed by atoms with van der Waals surface area (Å²) in [6, 6.07) is 0. The van der Waals surface area contributed by atoms with Gasteiger partial charge in [-0.1, -0.05) is 64.4 Å². The number of rotatable bonds is 16. The Morgan fingerprint density at radius 1 is 0.962 bits per heavy atom. The molecule has 0 rings (SSSR count). The Balaban J connectivity index is 3.87. The average molecular weight is 370 g/mol. The topological polar surface area (TPSA) is 66.4 Å². The number of likely N-dealkylation sites (N-methyl/N-ethyl adjacent to an activating group) is 1. The van der Waals surface area contributed by atoms with Crippen molar-refractivity contribution in [2.24, 2.45) is 0 Å². The van der Waals surface area contributed by atoms with E-state index < -0.39 is 18.0 Å². The highest BCUT2D eigenvalue weighted by Gasteiger charge is 2.21. The molecule has 0 saturated heterocycles. The molecule has 0 fully saturated rings. The second kappa shape index (κ2) is 14.8. The molecule has 0 aromatic carbocycles. The predicted octanol–water partition coefficient (Wildman–Crippen LogP) is 3.22. The Morgan fingerprint density at radius 3 is 2.00 bits per heavy atom. The number of carbonyl (C=O) groups is 2. The molecule has 0 saturated carbocycles. The van der Waals surface area contributed by atoms with Crippen LogP contribution < -0.4 is 5.11 Å². The lowest BCUT2D eigenvalue weighted by Gasteiger charge is -2.29. The van der Waals surface area contributed by atoms with Crippen molar-refractivity contribution in [3.05, 3.63) is 12.2 Å². The number of hydrogen-bond donors (Lipinski definition) is 0. The fourth-order valence-corrected chi connectivity index (χ4v) is 2.90. The lowest BCUT2D eigenvalue weighted by molar-refractivity contribution is -0.873. The van der Waals surface area contributed by atoms with Gasteiger partial charge in [0.05, 0.1) is 21.1 Å². The van der Waals surface area contributed by atoms with Crippen molar-refractivity contribution < 1.29 is 23.9 Å². The number of aliphatic carboxylic acids is 1. The lowest BCUT2D eigenvalue weighted by atomic mass is 10.1. The predicted molar refractivity (Wildman–Crippen MR) is 103 cm³/mol. The van der Waals surface area contributed by atoms with Crippen LogP contribution in [0.1, 0.15) is 77.6 Å². The highest BCUT2D eigenvalue weighted by Crippen LogP contribution is 2.11. The number of hydrogen-bond acceptors (Lipinski definition) is 4. The number of allylic oxidation sites excluding steroid dienone is 1. The third kappa shape index (κ3) is 17.5.